The average molecular weight is 201 g/mol. The van der Waals surface area contributed by atoms with Crippen LogP contribution in [0.3, 0.4) is 0 Å². The lowest BCUT2D eigenvalue weighted by molar-refractivity contribution is -0.0343. The summed E-state index contributed by atoms with van der Waals surface area (Å²) in [6.45, 7) is 1.75. The van der Waals surface area contributed by atoms with Gasteiger partial charge in [0.2, 0.25) is 0 Å². The standard InChI is InChI=1S/C6H10F3NOS/c7-6(8,9)12-4-5-3-10-1-2-11-5/h5,10H,1-4H2. The van der Waals surface area contributed by atoms with E-state index in [9.17, 15) is 13.2 Å². The lowest BCUT2D eigenvalue weighted by atomic mass is 10.3. The third kappa shape index (κ3) is 4.18. The summed E-state index contributed by atoms with van der Waals surface area (Å²) in [7, 11) is 0. The summed E-state index contributed by atoms with van der Waals surface area (Å²) < 4.78 is 40.2. The smallest absolute Gasteiger partial charge is 0.375 e. The molecule has 72 valence electrons. The van der Waals surface area contributed by atoms with Gasteiger partial charge in [0.25, 0.3) is 0 Å². The van der Waals surface area contributed by atoms with Crippen LogP contribution in [0.4, 0.5) is 13.2 Å². The maximum Gasteiger partial charge on any atom is 0.441 e. The molecule has 0 aromatic carbocycles. The highest BCUT2D eigenvalue weighted by Gasteiger charge is 2.30. The van der Waals surface area contributed by atoms with Crippen molar-refractivity contribution in [1.29, 1.82) is 0 Å². The predicted octanol–water partition coefficient (Wildman–Crippen LogP) is 1.23. The van der Waals surface area contributed by atoms with E-state index in [1.54, 1.807) is 0 Å². The molecule has 12 heavy (non-hydrogen) atoms. The Morgan fingerprint density at radius 1 is 1.50 bits per heavy atom. The lowest BCUT2D eigenvalue weighted by Gasteiger charge is -2.23. The van der Waals surface area contributed by atoms with Crippen molar-refractivity contribution in [1.82, 2.24) is 5.32 Å². The Morgan fingerprint density at radius 2 is 2.25 bits per heavy atom. The van der Waals surface area contributed by atoms with Gasteiger partial charge in [-0.25, -0.2) is 0 Å². The second kappa shape index (κ2) is 4.34. The van der Waals surface area contributed by atoms with Crippen LogP contribution in [0.2, 0.25) is 0 Å². The first-order valence-corrected chi connectivity index (χ1v) is 4.59. The monoisotopic (exact) mass is 201 g/mol. The summed E-state index contributed by atoms with van der Waals surface area (Å²) in [5.74, 6) is -0.0174. The predicted molar refractivity (Wildman–Crippen MR) is 41.1 cm³/mol. The first-order chi connectivity index (χ1) is 5.58. The van der Waals surface area contributed by atoms with Crippen LogP contribution in [0.15, 0.2) is 0 Å². The first kappa shape index (κ1) is 10.1. The molecule has 2 nitrogen and oxygen atoms in total. The molecule has 0 saturated carbocycles. The highest BCUT2D eigenvalue weighted by atomic mass is 32.2. The average Bonchev–Trinajstić information content (AvgIpc) is 2.02. The first-order valence-electron chi connectivity index (χ1n) is 3.61. The topological polar surface area (TPSA) is 21.3 Å². The number of hydrogen-bond donors (Lipinski definition) is 1. The van der Waals surface area contributed by atoms with E-state index < -0.39 is 5.51 Å². The molecule has 0 aliphatic carbocycles. The molecule has 1 aliphatic rings. The molecule has 0 amide bonds. The summed E-state index contributed by atoms with van der Waals surface area (Å²) in [6, 6.07) is 0. The fourth-order valence-electron chi connectivity index (χ4n) is 0.914. The zero-order valence-corrected chi connectivity index (χ0v) is 7.17. The molecule has 1 fully saturated rings. The minimum atomic E-state index is -4.14. The SMILES string of the molecule is FC(F)(F)SCC1CNCCO1. The van der Waals surface area contributed by atoms with E-state index in [4.69, 9.17) is 4.74 Å². The van der Waals surface area contributed by atoms with E-state index in [0.717, 1.165) is 6.54 Å². The van der Waals surface area contributed by atoms with E-state index >= 15 is 0 Å². The van der Waals surface area contributed by atoms with Crippen molar-refractivity contribution in [3.8, 4) is 0 Å². The Morgan fingerprint density at radius 3 is 2.75 bits per heavy atom. The minimum Gasteiger partial charge on any atom is -0.375 e. The Labute approximate surface area is 72.8 Å². The molecule has 0 bridgehead atoms. The minimum absolute atomic E-state index is 0.0174. The molecular formula is C6H10F3NOS. The number of rotatable bonds is 2. The normalized spacial score (nSPS) is 25.8. The quantitative estimate of drug-likeness (QED) is 0.726. The van der Waals surface area contributed by atoms with Crippen LogP contribution >= 0.6 is 11.8 Å². The molecular weight excluding hydrogens is 191 g/mol. The molecule has 6 heteroatoms. The van der Waals surface area contributed by atoms with Gasteiger partial charge in [-0.2, -0.15) is 13.2 Å². The second-order valence-corrected chi connectivity index (χ2v) is 3.54. The Kier molecular flexibility index (Phi) is 3.67. The number of ether oxygens (including phenoxy) is 1. The van der Waals surface area contributed by atoms with Gasteiger partial charge >= 0.3 is 5.51 Å². The Balaban J connectivity index is 2.13. The fraction of sp³-hybridized carbons (Fsp3) is 1.00. The van der Waals surface area contributed by atoms with Crippen molar-refractivity contribution in [3.63, 3.8) is 0 Å². The zero-order chi connectivity index (χ0) is 9.03. The van der Waals surface area contributed by atoms with Gasteiger partial charge in [0.1, 0.15) is 0 Å². The van der Waals surface area contributed by atoms with Gasteiger partial charge < -0.3 is 10.1 Å². The zero-order valence-electron chi connectivity index (χ0n) is 6.36. The van der Waals surface area contributed by atoms with Crippen LogP contribution in [-0.4, -0.2) is 37.1 Å². The number of hydrogen-bond acceptors (Lipinski definition) is 3. The highest BCUT2D eigenvalue weighted by molar-refractivity contribution is 8.00. The van der Waals surface area contributed by atoms with E-state index in [0.29, 0.717) is 13.2 Å². The van der Waals surface area contributed by atoms with Gasteiger partial charge in [-0.1, -0.05) is 0 Å². The largest absolute Gasteiger partial charge is 0.441 e. The molecule has 0 aromatic heterocycles. The molecule has 1 N–H and O–H groups in total. The van der Waals surface area contributed by atoms with Gasteiger partial charge in [0.05, 0.1) is 12.7 Å². The molecule has 0 aromatic rings. The summed E-state index contributed by atoms with van der Waals surface area (Å²) in [4.78, 5) is 0. The van der Waals surface area contributed by atoms with Gasteiger partial charge in [0, 0.05) is 18.8 Å². The van der Waals surface area contributed by atoms with E-state index in [1.807, 2.05) is 0 Å². The summed E-state index contributed by atoms with van der Waals surface area (Å²) in [6.07, 6.45) is -0.301. The Bertz CT molecular complexity index is 135. The highest BCUT2D eigenvalue weighted by Crippen LogP contribution is 2.30. The maximum atomic E-state index is 11.7. The van der Waals surface area contributed by atoms with Crippen LogP contribution in [0.5, 0.6) is 0 Å². The molecule has 1 rings (SSSR count). The number of halogens is 3. The van der Waals surface area contributed by atoms with Crippen molar-refractivity contribution in [2.24, 2.45) is 0 Å². The lowest BCUT2D eigenvalue weighted by Crippen LogP contribution is -2.40. The van der Waals surface area contributed by atoms with Gasteiger partial charge in [-0.15, -0.1) is 0 Å². The van der Waals surface area contributed by atoms with Gasteiger partial charge in [0.15, 0.2) is 0 Å². The molecule has 1 saturated heterocycles. The second-order valence-electron chi connectivity index (χ2n) is 2.45. The number of morpholine rings is 1. The van der Waals surface area contributed by atoms with Crippen molar-refractivity contribution in [2.45, 2.75) is 11.6 Å². The summed E-state index contributed by atoms with van der Waals surface area (Å²) in [5.41, 5.74) is -4.14. The van der Waals surface area contributed by atoms with Crippen molar-refractivity contribution < 1.29 is 17.9 Å². The molecule has 0 radical (unpaired) electrons. The van der Waals surface area contributed by atoms with Crippen LogP contribution in [0.1, 0.15) is 0 Å². The van der Waals surface area contributed by atoms with Crippen LogP contribution in [0.25, 0.3) is 0 Å². The molecule has 1 atom stereocenters. The number of thioether (sulfide) groups is 1. The number of alkyl halides is 3. The van der Waals surface area contributed by atoms with Gasteiger partial charge in [-0.3, -0.25) is 0 Å². The maximum absolute atomic E-state index is 11.7. The van der Waals surface area contributed by atoms with Crippen LogP contribution in [-0.2, 0) is 4.74 Å². The van der Waals surface area contributed by atoms with E-state index in [1.165, 1.54) is 0 Å². The van der Waals surface area contributed by atoms with Gasteiger partial charge in [-0.05, 0) is 11.8 Å². The van der Waals surface area contributed by atoms with Crippen molar-refractivity contribution in [2.75, 3.05) is 25.4 Å². The van der Waals surface area contributed by atoms with E-state index in [-0.39, 0.29) is 23.6 Å². The molecule has 0 spiro atoms. The van der Waals surface area contributed by atoms with Crippen molar-refractivity contribution >= 4 is 11.8 Å². The summed E-state index contributed by atoms with van der Waals surface area (Å²) >= 11 is -0.0249. The van der Waals surface area contributed by atoms with Crippen molar-refractivity contribution in [3.05, 3.63) is 0 Å². The fourth-order valence-corrected chi connectivity index (χ4v) is 1.50. The molecule has 1 aliphatic heterocycles. The van der Waals surface area contributed by atoms with E-state index in [2.05, 4.69) is 5.32 Å². The van der Waals surface area contributed by atoms with Crippen LogP contribution in [0, 0.1) is 0 Å². The number of nitrogens with one attached hydrogen (secondary N) is 1. The molecule has 1 heterocycles. The third-order valence-electron chi connectivity index (χ3n) is 1.44. The Hall–Kier alpha value is 0.0600. The molecule has 1 unspecified atom stereocenters. The van der Waals surface area contributed by atoms with Crippen LogP contribution < -0.4 is 5.32 Å². The summed E-state index contributed by atoms with van der Waals surface area (Å²) in [5, 5.41) is 2.97. The third-order valence-corrected chi connectivity index (χ3v) is 2.30.